The number of methoxy groups -OCH3 is 1. The van der Waals surface area contributed by atoms with E-state index in [0.29, 0.717) is 24.5 Å². The largest absolute Gasteiger partial charge is 0.497 e. The van der Waals surface area contributed by atoms with E-state index in [1.165, 1.54) is 0 Å². The van der Waals surface area contributed by atoms with Crippen LogP contribution < -0.4 is 4.74 Å². The highest BCUT2D eigenvalue weighted by Crippen LogP contribution is 2.29. The van der Waals surface area contributed by atoms with Crippen molar-refractivity contribution >= 4 is 10.0 Å². The first-order chi connectivity index (χ1) is 11.9. The summed E-state index contributed by atoms with van der Waals surface area (Å²) in [6.45, 7) is 3.52. The fraction of sp³-hybridized carbons (Fsp3) is 0.368. The third-order valence-electron chi connectivity index (χ3n) is 4.72. The fourth-order valence-electron chi connectivity index (χ4n) is 3.20. The van der Waals surface area contributed by atoms with E-state index in [2.05, 4.69) is 4.90 Å². The Morgan fingerprint density at radius 3 is 2.56 bits per heavy atom. The molecule has 0 radical (unpaired) electrons. The second-order valence-corrected chi connectivity index (χ2v) is 8.39. The topological polar surface area (TPSA) is 49.9 Å². The zero-order valence-electron chi connectivity index (χ0n) is 14.8. The van der Waals surface area contributed by atoms with Crippen molar-refractivity contribution in [3.05, 3.63) is 59.7 Å². The number of aryl methyl sites for hydroxylation is 1. The first-order valence-electron chi connectivity index (χ1n) is 8.33. The SMILES string of the molecule is COc1cccc(C2CN(S(=O)(=O)c3cccc(C)c3)CCN2C)c1. The van der Waals surface area contributed by atoms with Gasteiger partial charge in [0.05, 0.1) is 12.0 Å². The Kier molecular flexibility index (Phi) is 5.13. The van der Waals surface area contributed by atoms with Gasteiger partial charge in [-0.1, -0.05) is 24.3 Å². The Labute approximate surface area is 149 Å². The molecule has 0 N–H and O–H groups in total. The fourth-order valence-corrected chi connectivity index (χ4v) is 4.74. The van der Waals surface area contributed by atoms with E-state index in [1.54, 1.807) is 29.6 Å². The molecular formula is C19H24N2O3S. The molecule has 1 aliphatic heterocycles. The standard InChI is InChI=1S/C19H24N2O3S/c1-15-6-4-9-18(12-15)25(22,23)21-11-10-20(2)19(14-21)16-7-5-8-17(13-16)24-3/h4-9,12-13,19H,10-11,14H2,1-3H3. The molecule has 1 aliphatic rings. The molecule has 1 saturated heterocycles. The van der Waals surface area contributed by atoms with Gasteiger partial charge in [0, 0.05) is 25.7 Å². The zero-order chi connectivity index (χ0) is 18.0. The van der Waals surface area contributed by atoms with Crippen molar-refractivity contribution < 1.29 is 13.2 Å². The van der Waals surface area contributed by atoms with Gasteiger partial charge in [-0.3, -0.25) is 4.90 Å². The Bertz CT molecular complexity index is 851. The van der Waals surface area contributed by atoms with Crippen molar-refractivity contribution in [1.82, 2.24) is 9.21 Å². The van der Waals surface area contributed by atoms with Crippen molar-refractivity contribution in [1.29, 1.82) is 0 Å². The average molecular weight is 360 g/mol. The molecule has 2 aromatic carbocycles. The molecule has 2 aromatic rings. The number of likely N-dealkylation sites (N-methyl/N-ethyl adjacent to an activating group) is 1. The predicted molar refractivity (Wildman–Crippen MR) is 98.3 cm³/mol. The number of piperazine rings is 1. The number of benzene rings is 2. The summed E-state index contributed by atoms with van der Waals surface area (Å²) in [5, 5.41) is 0. The van der Waals surface area contributed by atoms with Crippen LogP contribution in [0.15, 0.2) is 53.4 Å². The summed E-state index contributed by atoms with van der Waals surface area (Å²) in [6.07, 6.45) is 0. The quantitative estimate of drug-likeness (QED) is 0.841. The molecule has 0 amide bonds. The van der Waals surface area contributed by atoms with Crippen LogP contribution in [0.3, 0.4) is 0 Å². The van der Waals surface area contributed by atoms with Crippen LogP contribution >= 0.6 is 0 Å². The lowest BCUT2D eigenvalue weighted by molar-refractivity contribution is 0.148. The third kappa shape index (κ3) is 3.71. The third-order valence-corrected chi connectivity index (χ3v) is 6.58. The molecule has 1 fully saturated rings. The molecule has 1 atom stereocenters. The maximum absolute atomic E-state index is 13.0. The van der Waals surface area contributed by atoms with Gasteiger partial charge in [0.15, 0.2) is 0 Å². The maximum Gasteiger partial charge on any atom is 0.243 e. The second kappa shape index (κ2) is 7.15. The molecule has 0 saturated carbocycles. The van der Waals surface area contributed by atoms with Gasteiger partial charge in [0.1, 0.15) is 5.75 Å². The first-order valence-corrected chi connectivity index (χ1v) is 9.77. The van der Waals surface area contributed by atoms with Gasteiger partial charge in [-0.15, -0.1) is 0 Å². The van der Waals surface area contributed by atoms with Crippen LogP contribution in [0.4, 0.5) is 0 Å². The Morgan fingerprint density at radius 1 is 1.08 bits per heavy atom. The molecule has 0 bridgehead atoms. The van der Waals surface area contributed by atoms with Crippen LogP contribution in [0.5, 0.6) is 5.75 Å². The monoisotopic (exact) mass is 360 g/mol. The van der Waals surface area contributed by atoms with Crippen LogP contribution in [0.2, 0.25) is 0 Å². The minimum Gasteiger partial charge on any atom is -0.497 e. The smallest absolute Gasteiger partial charge is 0.243 e. The zero-order valence-corrected chi connectivity index (χ0v) is 15.7. The molecule has 25 heavy (non-hydrogen) atoms. The summed E-state index contributed by atoms with van der Waals surface area (Å²) in [5.74, 6) is 0.782. The van der Waals surface area contributed by atoms with Crippen molar-refractivity contribution in [3.8, 4) is 5.75 Å². The lowest BCUT2D eigenvalue weighted by atomic mass is 10.0. The van der Waals surface area contributed by atoms with Crippen LogP contribution in [0.1, 0.15) is 17.2 Å². The lowest BCUT2D eigenvalue weighted by Gasteiger charge is -2.39. The summed E-state index contributed by atoms with van der Waals surface area (Å²) in [4.78, 5) is 2.55. The molecule has 1 heterocycles. The van der Waals surface area contributed by atoms with Crippen LogP contribution in [0.25, 0.3) is 0 Å². The van der Waals surface area contributed by atoms with Crippen molar-refractivity contribution in [2.75, 3.05) is 33.8 Å². The number of nitrogens with zero attached hydrogens (tertiary/aromatic N) is 2. The van der Waals surface area contributed by atoms with Gasteiger partial charge >= 0.3 is 0 Å². The molecule has 5 nitrogen and oxygen atoms in total. The Hall–Kier alpha value is -1.89. The molecule has 0 aliphatic carbocycles. The summed E-state index contributed by atoms with van der Waals surface area (Å²) in [6, 6.07) is 14.9. The average Bonchev–Trinajstić information content (AvgIpc) is 2.62. The van der Waals surface area contributed by atoms with Crippen molar-refractivity contribution in [2.24, 2.45) is 0 Å². The van der Waals surface area contributed by atoms with Crippen molar-refractivity contribution in [2.45, 2.75) is 17.9 Å². The van der Waals surface area contributed by atoms with Crippen LogP contribution in [-0.4, -0.2) is 51.4 Å². The minimum absolute atomic E-state index is 0.00318. The number of ether oxygens (including phenoxy) is 1. The molecule has 0 spiro atoms. The molecule has 3 rings (SSSR count). The maximum atomic E-state index is 13.0. The molecule has 1 unspecified atom stereocenters. The number of rotatable bonds is 4. The summed E-state index contributed by atoms with van der Waals surface area (Å²) in [7, 11) is 0.176. The van der Waals surface area contributed by atoms with Gasteiger partial charge in [-0.25, -0.2) is 8.42 Å². The highest BCUT2D eigenvalue weighted by Gasteiger charge is 2.33. The van der Waals surface area contributed by atoms with Gasteiger partial charge in [0.25, 0.3) is 0 Å². The van der Waals surface area contributed by atoms with Gasteiger partial charge in [-0.05, 0) is 49.4 Å². The first kappa shape index (κ1) is 17.9. The predicted octanol–water partition coefficient (Wildman–Crippen LogP) is 2.68. The van der Waals surface area contributed by atoms with Gasteiger partial charge in [-0.2, -0.15) is 4.31 Å². The van der Waals surface area contributed by atoms with E-state index in [0.717, 1.165) is 16.9 Å². The van der Waals surface area contributed by atoms with E-state index >= 15 is 0 Å². The molecular weight excluding hydrogens is 336 g/mol. The summed E-state index contributed by atoms with van der Waals surface area (Å²) in [5.41, 5.74) is 2.01. The summed E-state index contributed by atoms with van der Waals surface area (Å²) < 4.78 is 33.0. The van der Waals surface area contributed by atoms with Crippen LogP contribution in [-0.2, 0) is 10.0 Å². The Balaban J connectivity index is 1.89. The normalized spacial score (nSPS) is 19.7. The van der Waals surface area contributed by atoms with E-state index in [1.807, 2.05) is 44.3 Å². The van der Waals surface area contributed by atoms with E-state index in [4.69, 9.17) is 4.74 Å². The Morgan fingerprint density at radius 2 is 1.84 bits per heavy atom. The highest BCUT2D eigenvalue weighted by molar-refractivity contribution is 7.89. The van der Waals surface area contributed by atoms with E-state index in [9.17, 15) is 8.42 Å². The molecule has 0 aromatic heterocycles. The summed E-state index contributed by atoms with van der Waals surface area (Å²) >= 11 is 0. The number of hydrogen-bond donors (Lipinski definition) is 0. The van der Waals surface area contributed by atoms with E-state index < -0.39 is 10.0 Å². The van der Waals surface area contributed by atoms with Gasteiger partial charge < -0.3 is 4.74 Å². The minimum atomic E-state index is -3.49. The molecule has 6 heteroatoms. The van der Waals surface area contributed by atoms with Gasteiger partial charge in [0.2, 0.25) is 10.0 Å². The highest BCUT2D eigenvalue weighted by atomic mass is 32.2. The molecule has 134 valence electrons. The number of sulfonamides is 1. The van der Waals surface area contributed by atoms with Crippen LogP contribution in [0, 0.1) is 6.92 Å². The van der Waals surface area contributed by atoms with Crippen molar-refractivity contribution in [3.63, 3.8) is 0 Å². The second-order valence-electron chi connectivity index (χ2n) is 6.45. The van der Waals surface area contributed by atoms with E-state index in [-0.39, 0.29) is 6.04 Å². The number of hydrogen-bond acceptors (Lipinski definition) is 4. The lowest BCUT2D eigenvalue weighted by Crippen LogP contribution is -2.48.